The number of anilines is 1. The second-order valence-corrected chi connectivity index (χ2v) is 9.36. The molecule has 2 aromatic carbocycles. The summed E-state index contributed by atoms with van der Waals surface area (Å²) in [7, 11) is 0. The summed E-state index contributed by atoms with van der Waals surface area (Å²) < 4.78 is 2.18. The molecule has 0 saturated carbocycles. The van der Waals surface area contributed by atoms with Crippen LogP contribution in [0.1, 0.15) is 40.9 Å². The third kappa shape index (κ3) is 6.15. The number of carbonyl (C=O) groups excluding carboxylic acids is 1. The lowest BCUT2D eigenvalue weighted by Crippen LogP contribution is -2.33. The molecule has 37 heavy (non-hydrogen) atoms. The van der Waals surface area contributed by atoms with Crippen molar-refractivity contribution < 1.29 is 9.90 Å². The van der Waals surface area contributed by atoms with Crippen molar-refractivity contribution in [2.75, 3.05) is 25.0 Å². The molecule has 0 fully saturated rings. The molecule has 4 N–H and O–H groups in total. The number of aliphatic hydroxyl groups is 1. The fraction of sp³-hybridized carbons (Fsp3) is 0.345. The molecule has 1 aliphatic rings. The van der Waals surface area contributed by atoms with E-state index >= 15 is 0 Å². The molecule has 8 heteroatoms. The van der Waals surface area contributed by atoms with Crippen molar-refractivity contribution >= 4 is 23.1 Å². The van der Waals surface area contributed by atoms with Gasteiger partial charge in [-0.1, -0.05) is 42.5 Å². The number of unbranched alkanes of at least 4 members (excludes halogenated alkanes) is 1. The van der Waals surface area contributed by atoms with Gasteiger partial charge in [0.2, 0.25) is 12.4 Å². The normalized spacial score (nSPS) is 13.1. The van der Waals surface area contributed by atoms with Crippen molar-refractivity contribution in [3.8, 4) is 5.95 Å². The van der Waals surface area contributed by atoms with E-state index in [1.807, 2.05) is 6.07 Å². The molecule has 1 amide bonds. The molecule has 0 bridgehead atoms. The SMILES string of the molecule is Cc1cccc2c1cc(C)n2-c1nc2c(c(NCc3ccccc3)n1)CCN(CCCCO)C2.NC=O. The number of amides is 1. The summed E-state index contributed by atoms with van der Waals surface area (Å²) in [6.07, 6.45) is 3.02. The molecule has 0 unspecified atom stereocenters. The van der Waals surface area contributed by atoms with Gasteiger partial charge in [0.25, 0.3) is 0 Å². The van der Waals surface area contributed by atoms with Gasteiger partial charge in [0.15, 0.2) is 0 Å². The Bertz CT molecular complexity index is 1340. The Hall–Kier alpha value is -3.75. The van der Waals surface area contributed by atoms with Gasteiger partial charge >= 0.3 is 0 Å². The highest BCUT2D eigenvalue weighted by atomic mass is 16.2. The topological polar surface area (TPSA) is 109 Å². The Morgan fingerprint density at radius 2 is 1.86 bits per heavy atom. The van der Waals surface area contributed by atoms with Gasteiger partial charge in [-0.2, -0.15) is 4.98 Å². The predicted molar refractivity (Wildman–Crippen MR) is 148 cm³/mol. The number of nitrogens with one attached hydrogen (secondary N) is 1. The highest BCUT2D eigenvalue weighted by Crippen LogP contribution is 2.29. The van der Waals surface area contributed by atoms with Crippen LogP contribution < -0.4 is 11.1 Å². The zero-order valence-corrected chi connectivity index (χ0v) is 21.7. The van der Waals surface area contributed by atoms with E-state index in [-0.39, 0.29) is 13.0 Å². The summed E-state index contributed by atoms with van der Waals surface area (Å²) in [5.41, 5.74) is 11.3. The van der Waals surface area contributed by atoms with Crippen LogP contribution in [0.25, 0.3) is 16.9 Å². The summed E-state index contributed by atoms with van der Waals surface area (Å²) in [5.74, 6) is 1.66. The largest absolute Gasteiger partial charge is 0.396 e. The smallest absolute Gasteiger partial charge is 0.236 e. The minimum Gasteiger partial charge on any atom is -0.396 e. The first-order valence-electron chi connectivity index (χ1n) is 12.8. The van der Waals surface area contributed by atoms with Crippen molar-refractivity contribution in [1.29, 1.82) is 0 Å². The molecule has 5 rings (SSSR count). The average molecular weight is 501 g/mol. The molecule has 4 aromatic rings. The molecular weight excluding hydrogens is 464 g/mol. The van der Waals surface area contributed by atoms with E-state index in [2.05, 4.69) is 82.9 Å². The minimum absolute atomic E-state index is 0.250. The number of aryl methyl sites for hydroxylation is 2. The third-order valence-corrected chi connectivity index (χ3v) is 6.77. The molecule has 8 nitrogen and oxygen atoms in total. The van der Waals surface area contributed by atoms with Gasteiger partial charge < -0.3 is 16.2 Å². The third-order valence-electron chi connectivity index (χ3n) is 6.77. The van der Waals surface area contributed by atoms with Crippen molar-refractivity contribution in [2.24, 2.45) is 5.73 Å². The van der Waals surface area contributed by atoms with Crippen molar-refractivity contribution in [2.45, 2.75) is 46.2 Å². The number of carbonyl (C=O) groups is 1. The second kappa shape index (κ2) is 12.5. The molecule has 0 atom stereocenters. The molecule has 3 heterocycles. The number of nitrogens with two attached hydrogens (primary N) is 1. The number of primary amides is 1. The Morgan fingerprint density at radius 3 is 2.62 bits per heavy atom. The highest BCUT2D eigenvalue weighted by molar-refractivity contribution is 5.85. The maximum absolute atomic E-state index is 9.17. The van der Waals surface area contributed by atoms with Crippen molar-refractivity contribution in [3.63, 3.8) is 0 Å². The van der Waals surface area contributed by atoms with Crippen LogP contribution in [0.2, 0.25) is 0 Å². The summed E-state index contributed by atoms with van der Waals surface area (Å²) in [5, 5.41) is 14.0. The van der Waals surface area contributed by atoms with Gasteiger partial charge in [0, 0.05) is 42.9 Å². The fourth-order valence-corrected chi connectivity index (χ4v) is 4.91. The number of aromatic nitrogens is 3. The van der Waals surface area contributed by atoms with Crippen LogP contribution in [0.15, 0.2) is 54.6 Å². The van der Waals surface area contributed by atoms with Crippen LogP contribution in [-0.2, 0) is 24.3 Å². The maximum atomic E-state index is 9.17. The standard InChI is InChI=1S/C28H33N5O.CH3NO/c1-20-9-8-12-26-24(20)17-21(2)33(26)28-30-25-19-32(14-6-7-16-34)15-13-23(25)27(31-28)29-18-22-10-4-3-5-11-22;2-1-3/h3-5,8-12,17,34H,6-7,13-16,18-19H2,1-2H3,(H,29,30,31);1H,(H2,2,3). The Balaban J connectivity index is 0.00000102. The lowest BCUT2D eigenvalue weighted by atomic mass is 10.0. The van der Waals surface area contributed by atoms with E-state index in [1.165, 1.54) is 22.1 Å². The quantitative estimate of drug-likeness (QED) is 0.250. The van der Waals surface area contributed by atoms with Crippen LogP contribution in [0.3, 0.4) is 0 Å². The van der Waals surface area contributed by atoms with Gasteiger partial charge in [0.05, 0.1) is 11.2 Å². The van der Waals surface area contributed by atoms with E-state index in [1.54, 1.807) is 0 Å². The Labute approximate surface area is 218 Å². The maximum Gasteiger partial charge on any atom is 0.236 e. The summed E-state index contributed by atoms with van der Waals surface area (Å²) in [6, 6.07) is 19.1. The second-order valence-electron chi connectivity index (χ2n) is 9.36. The molecule has 1 aliphatic heterocycles. The van der Waals surface area contributed by atoms with Gasteiger partial charge in [-0.3, -0.25) is 14.3 Å². The minimum atomic E-state index is 0.250. The van der Waals surface area contributed by atoms with Gasteiger partial charge in [-0.15, -0.1) is 0 Å². The number of nitrogens with zero attached hydrogens (tertiary/aromatic N) is 4. The van der Waals surface area contributed by atoms with Crippen molar-refractivity contribution in [3.05, 3.63) is 82.7 Å². The van der Waals surface area contributed by atoms with E-state index in [0.717, 1.165) is 74.1 Å². The molecule has 194 valence electrons. The van der Waals surface area contributed by atoms with Crippen LogP contribution in [0.4, 0.5) is 5.82 Å². The number of aliphatic hydroxyl groups excluding tert-OH is 1. The number of fused-ring (bicyclic) bond motifs is 2. The number of benzene rings is 2. The van der Waals surface area contributed by atoms with E-state index in [4.69, 9.17) is 19.9 Å². The first-order valence-corrected chi connectivity index (χ1v) is 12.8. The summed E-state index contributed by atoms with van der Waals surface area (Å²) in [4.78, 5) is 21.2. The van der Waals surface area contributed by atoms with Crippen LogP contribution in [0, 0.1) is 13.8 Å². The zero-order chi connectivity index (χ0) is 26.2. The Kier molecular flexibility index (Phi) is 8.87. The average Bonchev–Trinajstić information content (AvgIpc) is 3.25. The van der Waals surface area contributed by atoms with Crippen molar-refractivity contribution in [1.82, 2.24) is 19.4 Å². The monoisotopic (exact) mass is 500 g/mol. The number of hydrogen-bond donors (Lipinski definition) is 3. The molecule has 0 radical (unpaired) electrons. The van der Waals surface area contributed by atoms with Gasteiger partial charge in [-0.05, 0) is 62.9 Å². The predicted octanol–water partition coefficient (Wildman–Crippen LogP) is 3.88. The summed E-state index contributed by atoms with van der Waals surface area (Å²) in [6.45, 7) is 8.05. The lowest BCUT2D eigenvalue weighted by molar-refractivity contribution is -0.106. The fourth-order valence-electron chi connectivity index (χ4n) is 4.91. The van der Waals surface area contributed by atoms with Gasteiger partial charge in [0.1, 0.15) is 5.82 Å². The molecular formula is C29H36N6O2. The van der Waals surface area contributed by atoms with E-state index in [9.17, 15) is 0 Å². The molecule has 2 aromatic heterocycles. The molecule has 0 saturated heterocycles. The molecule has 0 aliphatic carbocycles. The number of rotatable bonds is 8. The van der Waals surface area contributed by atoms with E-state index < -0.39 is 0 Å². The lowest BCUT2D eigenvalue weighted by Gasteiger charge is -2.29. The first-order chi connectivity index (χ1) is 18.0. The van der Waals surface area contributed by atoms with Crippen LogP contribution >= 0.6 is 0 Å². The van der Waals surface area contributed by atoms with Crippen LogP contribution in [0.5, 0.6) is 0 Å². The molecule has 0 spiro atoms. The zero-order valence-electron chi connectivity index (χ0n) is 21.7. The number of hydrogen-bond acceptors (Lipinski definition) is 6. The summed E-state index contributed by atoms with van der Waals surface area (Å²) >= 11 is 0. The highest BCUT2D eigenvalue weighted by Gasteiger charge is 2.23. The van der Waals surface area contributed by atoms with Crippen LogP contribution in [-0.4, -0.2) is 50.6 Å². The first kappa shape index (κ1) is 26.3. The Morgan fingerprint density at radius 1 is 1.08 bits per heavy atom. The van der Waals surface area contributed by atoms with E-state index in [0.29, 0.717) is 0 Å². The van der Waals surface area contributed by atoms with Gasteiger partial charge in [-0.25, -0.2) is 4.98 Å².